The fourth-order valence-corrected chi connectivity index (χ4v) is 8.31. The van der Waals surface area contributed by atoms with E-state index in [-0.39, 0.29) is 10.8 Å². The topological polar surface area (TPSA) is 23.0 Å². The van der Waals surface area contributed by atoms with Gasteiger partial charge in [0.15, 0.2) is 0 Å². The summed E-state index contributed by atoms with van der Waals surface area (Å²) >= 11 is 0. The van der Waals surface area contributed by atoms with Crippen molar-refractivity contribution in [2.45, 2.75) is 52.4 Å². The van der Waals surface area contributed by atoms with E-state index in [0.717, 1.165) is 33.1 Å². The minimum Gasteiger partial charge on any atom is -0.456 e. The maximum Gasteiger partial charge on any atom is 0.137 e. The van der Waals surface area contributed by atoms with Gasteiger partial charge >= 0.3 is 0 Å². The molecule has 3 heterocycles. The lowest BCUT2D eigenvalue weighted by atomic mass is 9.85. The minimum atomic E-state index is 0.0734. The van der Waals surface area contributed by atoms with Gasteiger partial charge in [0.05, 0.1) is 22.1 Å². The van der Waals surface area contributed by atoms with Crippen LogP contribution in [0.4, 0.5) is 0 Å². The van der Waals surface area contributed by atoms with Crippen molar-refractivity contribution < 1.29 is 4.42 Å². The fraction of sp³-hybridized carbons (Fsp3) is 0.160. The van der Waals surface area contributed by atoms with Crippen molar-refractivity contribution >= 4 is 65.6 Å². The average Bonchev–Trinajstić information content (AvgIpc) is 3.80. The Balaban J connectivity index is 1.05. The van der Waals surface area contributed by atoms with Crippen LogP contribution in [0.25, 0.3) is 88.1 Å². The lowest BCUT2D eigenvalue weighted by Crippen LogP contribution is -2.10. The molecule has 10 aromatic rings. The van der Waals surface area contributed by atoms with E-state index in [9.17, 15) is 0 Å². The van der Waals surface area contributed by atoms with Crippen LogP contribution in [0.3, 0.4) is 0 Å². The van der Waals surface area contributed by atoms with Crippen molar-refractivity contribution in [2.75, 3.05) is 0 Å². The van der Waals surface area contributed by atoms with E-state index < -0.39 is 0 Å². The van der Waals surface area contributed by atoms with Crippen LogP contribution < -0.4 is 0 Å². The van der Waals surface area contributed by atoms with Crippen molar-refractivity contribution in [3.8, 4) is 22.5 Å². The summed E-state index contributed by atoms with van der Waals surface area (Å²) < 4.78 is 11.1. The summed E-state index contributed by atoms with van der Waals surface area (Å²) in [6.07, 6.45) is 0. The van der Waals surface area contributed by atoms with Crippen molar-refractivity contribution in [3.05, 3.63) is 157 Å². The molecule has 0 saturated carbocycles. The number of furan rings is 1. The molecule has 53 heavy (non-hydrogen) atoms. The molecule has 0 spiro atoms. The molecule has 3 heteroatoms. The van der Waals surface area contributed by atoms with Gasteiger partial charge in [0, 0.05) is 49.8 Å². The van der Waals surface area contributed by atoms with Gasteiger partial charge in [-0.1, -0.05) is 114 Å². The maximum absolute atomic E-state index is 6.33. The molecule has 10 rings (SSSR count). The third-order valence-electron chi connectivity index (χ3n) is 11.3. The Labute approximate surface area is 309 Å². The molecule has 0 aliphatic carbocycles. The molecule has 258 valence electrons. The highest BCUT2D eigenvalue weighted by Gasteiger charge is 2.21. The molecule has 0 aliphatic heterocycles. The van der Waals surface area contributed by atoms with Crippen LogP contribution in [0.15, 0.2) is 150 Å². The number of nitrogens with zero attached hydrogens (tertiary/aromatic N) is 2. The second kappa shape index (κ2) is 11.2. The van der Waals surface area contributed by atoms with E-state index in [1.165, 1.54) is 66.0 Å². The number of para-hydroxylation sites is 2. The zero-order valence-corrected chi connectivity index (χ0v) is 31.2. The minimum absolute atomic E-state index is 0.0734. The van der Waals surface area contributed by atoms with E-state index in [1.54, 1.807) is 0 Å². The maximum atomic E-state index is 6.33. The first-order valence-electron chi connectivity index (χ1n) is 18.7. The monoisotopic (exact) mass is 686 g/mol. The molecule has 3 aromatic heterocycles. The van der Waals surface area contributed by atoms with E-state index in [0.29, 0.717) is 0 Å². The lowest BCUT2D eigenvalue weighted by Gasteiger charge is -2.19. The van der Waals surface area contributed by atoms with Crippen LogP contribution in [0.1, 0.15) is 52.7 Å². The highest BCUT2D eigenvalue weighted by Crippen LogP contribution is 2.40. The van der Waals surface area contributed by atoms with Gasteiger partial charge in [-0.25, -0.2) is 0 Å². The number of hydrogen-bond acceptors (Lipinski definition) is 1. The first-order valence-corrected chi connectivity index (χ1v) is 18.7. The van der Waals surface area contributed by atoms with Gasteiger partial charge < -0.3 is 13.6 Å². The molecule has 0 bridgehead atoms. The van der Waals surface area contributed by atoms with Crippen LogP contribution in [-0.4, -0.2) is 9.13 Å². The Hall–Kier alpha value is -6.06. The van der Waals surface area contributed by atoms with Crippen molar-refractivity contribution in [1.82, 2.24) is 9.13 Å². The highest BCUT2D eigenvalue weighted by molar-refractivity contribution is 6.17. The number of benzene rings is 7. The van der Waals surface area contributed by atoms with E-state index in [4.69, 9.17) is 4.42 Å². The van der Waals surface area contributed by atoms with Gasteiger partial charge in [0.1, 0.15) is 11.2 Å². The normalized spacial score (nSPS) is 12.7. The Morgan fingerprint density at radius 1 is 0.358 bits per heavy atom. The van der Waals surface area contributed by atoms with Gasteiger partial charge in [0.25, 0.3) is 0 Å². The fourth-order valence-electron chi connectivity index (χ4n) is 8.31. The molecular weight excluding hydrogens is 645 g/mol. The van der Waals surface area contributed by atoms with Crippen LogP contribution in [0.2, 0.25) is 0 Å². The molecule has 0 radical (unpaired) electrons. The van der Waals surface area contributed by atoms with Crippen LogP contribution >= 0.6 is 0 Å². The van der Waals surface area contributed by atoms with E-state index >= 15 is 0 Å². The smallest absolute Gasteiger partial charge is 0.137 e. The van der Waals surface area contributed by atoms with Gasteiger partial charge in [-0.15, -0.1) is 0 Å². The predicted octanol–water partition coefficient (Wildman–Crippen LogP) is 14.0. The third-order valence-corrected chi connectivity index (χ3v) is 11.3. The molecule has 0 amide bonds. The first kappa shape index (κ1) is 31.7. The van der Waals surface area contributed by atoms with Crippen LogP contribution in [0, 0.1) is 0 Å². The number of aromatic nitrogens is 2. The molecule has 0 aliphatic rings. The van der Waals surface area contributed by atoms with E-state index in [1.807, 2.05) is 12.1 Å². The summed E-state index contributed by atoms with van der Waals surface area (Å²) in [5, 5.41) is 7.39. The Kier molecular flexibility index (Phi) is 6.70. The zero-order chi connectivity index (χ0) is 36.2. The van der Waals surface area contributed by atoms with Crippen molar-refractivity contribution in [2.24, 2.45) is 0 Å². The Bertz CT molecular complexity index is 2970. The summed E-state index contributed by atoms with van der Waals surface area (Å²) in [6, 6.07) is 53.6. The van der Waals surface area contributed by atoms with Crippen LogP contribution in [-0.2, 0) is 10.8 Å². The summed E-state index contributed by atoms with van der Waals surface area (Å²) in [4.78, 5) is 0. The molecule has 0 N–H and O–H groups in total. The number of hydrogen-bond donors (Lipinski definition) is 0. The first-order chi connectivity index (χ1) is 25.5. The molecule has 0 atom stereocenters. The van der Waals surface area contributed by atoms with Gasteiger partial charge in [0.2, 0.25) is 0 Å². The average molecular weight is 687 g/mol. The summed E-state index contributed by atoms with van der Waals surface area (Å²) in [6.45, 7) is 13.8. The zero-order valence-electron chi connectivity index (χ0n) is 31.2. The lowest BCUT2D eigenvalue weighted by molar-refractivity contribution is 0.590. The summed E-state index contributed by atoms with van der Waals surface area (Å²) in [5.74, 6) is 0. The molecule has 0 unspecified atom stereocenters. The van der Waals surface area contributed by atoms with E-state index in [2.05, 4.69) is 184 Å². The highest BCUT2D eigenvalue weighted by atomic mass is 16.3. The Morgan fingerprint density at radius 2 is 0.830 bits per heavy atom. The predicted molar refractivity (Wildman–Crippen MR) is 225 cm³/mol. The van der Waals surface area contributed by atoms with Crippen molar-refractivity contribution in [1.29, 1.82) is 0 Å². The van der Waals surface area contributed by atoms with Crippen LogP contribution in [0.5, 0.6) is 0 Å². The number of rotatable bonds is 3. The third kappa shape index (κ3) is 4.94. The summed E-state index contributed by atoms with van der Waals surface area (Å²) in [5.41, 5.74) is 14.2. The SMILES string of the molecule is CC(C)(C)c1ccc2c(c1)c1cc(C(C)(C)C)ccc1n2-c1ccc(-c2ccc(-n3c4ccccc4c4cc5c(cc43)oc3ccccc35)cc2)cc1. The van der Waals surface area contributed by atoms with Gasteiger partial charge in [-0.3, -0.25) is 0 Å². The second-order valence-corrected chi connectivity index (χ2v) is 16.7. The molecule has 7 aromatic carbocycles. The standard InChI is InChI=1S/C50H42N2O/c1-49(2,3)33-19-25-44-39(27-33)40-28-34(50(4,5)6)20-26-45(40)51(44)35-21-15-31(16-22-35)32-17-23-36(24-18-32)52-43-13-9-7-11-37(43)41-29-42-38-12-8-10-14-47(38)53-48(42)30-46(41)52/h7-30H,1-6H3. The second-order valence-electron chi connectivity index (χ2n) is 16.7. The Morgan fingerprint density at radius 3 is 1.40 bits per heavy atom. The van der Waals surface area contributed by atoms with Crippen molar-refractivity contribution in [3.63, 3.8) is 0 Å². The largest absolute Gasteiger partial charge is 0.456 e. The van der Waals surface area contributed by atoms with Gasteiger partial charge in [-0.05, 0) is 99.8 Å². The molecular formula is C50H42N2O. The number of fused-ring (bicyclic) bond motifs is 9. The van der Waals surface area contributed by atoms with Gasteiger partial charge in [-0.2, -0.15) is 0 Å². The summed E-state index contributed by atoms with van der Waals surface area (Å²) in [7, 11) is 0. The molecule has 3 nitrogen and oxygen atoms in total. The molecule has 0 fully saturated rings. The molecule has 0 saturated heterocycles. The quantitative estimate of drug-likeness (QED) is 0.181.